The number of aromatic nitrogens is 1. The second-order valence-corrected chi connectivity index (χ2v) is 4.51. The number of carboxylic acids is 1. The molecule has 5 heteroatoms. The molecule has 1 unspecified atom stereocenters. The molecular weight excluding hydrogens is 249 g/mol. The van der Waals surface area contributed by atoms with Crippen LogP contribution >= 0.6 is 0 Å². The summed E-state index contributed by atoms with van der Waals surface area (Å²) >= 11 is 0. The van der Waals surface area contributed by atoms with E-state index >= 15 is 0 Å². The van der Waals surface area contributed by atoms with Gasteiger partial charge in [-0.15, -0.1) is 0 Å². The highest BCUT2D eigenvalue weighted by Crippen LogP contribution is 2.20. The fourth-order valence-corrected chi connectivity index (χ4v) is 1.79. The van der Waals surface area contributed by atoms with Crippen LogP contribution in [0.2, 0.25) is 0 Å². The first kappa shape index (κ1) is 15.4. The first-order valence-corrected chi connectivity index (χ1v) is 6.60. The first-order valence-electron chi connectivity index (χ1n) is 6.60. The van der Waals surface area contributed by atoms with Crippen LogP contribution in [-0.4, -0.2) is 22.7 Å². The van der Waals surface area contributed by atoms with Gasteiger partial charge in [-0.3, -0.25) is 0 Å². The molecule has 1 rings (SSSR count). The second kappa shape index (κ2) is 7.71. The van der Waals surface area contributed by atoms with E-state index in [4.69, 9.17) is 9.84 Å². The molecule has 106 valence electrons. The molecule has 1 atom stereocenters. The van der Waals surface area contributed by atoms with E-state index in [9.17, 15) is 9.18 Å². The largest absolute Gasteiger partial charge is 0.478 e. The highest BCUT2D eigenvalue weighted by atomic mass is 19.1. The summed E-state index contributed by atoms with van der Waals surface area (Å²) in [6.07, 6.45) is 5.42. The summed E-state index contributed by atoms with van der Waals surface area (Å²) in [7, 11) is 0. The second-order valence-electron chi connectivity index (χ2n) is 4.51. The van der Waals surface area contributed by atoms with E-state index in [-0.39, 0.29) is 5.88 Å². The Morgan fingerprint density at radius 3 is 2.84 bits per heavy atom. The lowest BCUT2D eigenvalue weighted by molar-refractivity contribution is 0.0690. The van der Waals surface area contributed by atoms with Crippen molar-refractivity contribution >= 4 is 5.97 Å². The van der Waals surface area contributed by atoms with Crippen molar-refractivity contribution in [1.29, 1.82) is 0 Å². The van der Waals surface area contributed by atoms with Crippen LogP contribution in [0.3, 0.4) is 0 Å². The lowest BCUT2D eigenvalue weighted by Gasteiger charge is -2.15. The van der Waals surface area contributed by atoms with Crippen LogP contribution in [-0.2, 0) is 0 Å². The molecule has 0 amide bonds. The maximum absolute atomic E-state index is 13.8. The van der Waals surface area contributed by atoms with Gasteiger partial charge in [-0.2, -0.15) is 0 Å². The number of aromatic carboxylic acids is 1. The van der Waals surface area contributed by atoms with Gasteiger partial charge in [0.2, 0.25) is 0 Å². The molecule has 0 aliphatic rings. The predicted octanol–water partition coefficient (Wildman–Crippen LogP) is 3.51. The number of hydrogen-bond donors (Lipinski definition) is 1. The van der Waals surface area contributed by atoms with Gasteiger partial charge in [-0.25, -0.2) is 14.2 Å². The average Bonchev–Trinajstić information content (AvgIpc) is 2.40. The third-order valence-corrected chi connectivity index (χ3v) is 3.09. The van der Waals surface area contributed by atoms with Crippen LogP contribution in [0.25, 0.3) is 0 Å². The van der Waals surface area contributed by atoms with Gasteiger partial charge in [-0.05, 0) is 18.4 Å². The zero-order chi connectivity index (χ0) is 14.3. The van der Waals surface area contributed by atoms with Gasteiger partial charge in [0.15, 0.2) is 5.82 Å². The van der Waals surface area contributed by atoms with Gasteiger partial charge < -0.3 is 9.84 Å². The van der Waals surface area contributed by atoms with E-state index in [1.54, 1.807) is 0 Å². The van der Waals surface area contributed by atoms with Crippen molar-refractivity contribution < 1.29 is 19.0 Å². The number of rotatable bonds is 8. The number of hydrogen-bond acceptors (Lipinski definition) is 3. The Morgan fingerprint density at radius 2 is 2.26 bits per heavy atom. The highest BCUT2D eigenvalue weighted by Gasteiger charge is 2.17. The predicted molar refractivity (Wildman–Crippen MR) is 70.0 cm³/mol. The third-order valence-electron chi connectivity index (χ3n) is 3.09. The number of unbranched alkanes of at least 4 members (excludes halogenated alkanes) is 1. The number of carboxylic acid groups (broad SMARTS) is 1. The van der Waals surface area contributed by atoms with Crippen molar-refractivity contribution in [3.8, 4) is 5.88 Å². The Bertz CT molecular complexity index is 423. The van der Waals surface area contributed by atoms with Crippen LogP contribution in [0.5, 0.6) is 5.88 Å². The highest BCUT2D eigenvalue weighted by molar-refractivity contribution is 5.88. The minimum Gasteiger partial charge on any atom is -0.478 e. The van der Waals surface area contributed by atoms with Gasteiger partial charge in [0.25, 0.3) is 5.88 Å². The molecule has 0 saturated carbocycles. The Balaban J connectivity index is 2.66. The van der Waals surface area contributed by atoms with Gasteiger partial charge in [0.05, 0.1) is 6.61 Å². The van der Waals surface area contributed by atoms with Crippen LogP contribution in [0, 0.1) is 11.7 Å². The van der Waals surface area contributed by atoms with E-state index in [2.05, 4.69) is 18.8 Å². The van der Waals surface area contributed by atoms with Gasteiger partial charge in [-0.1, -0.05) is 33.1 Å². The summed E-state index contributed by atoms with van der Waals surface area (Å²) < 4.78 is 19.1. The molecule has 0 saturated heterocycles. The van der Waals surface area contributed by atoms with Gasteiger partial charge >= 0.3 is 5.97 Å². The zero-order valence-corrected chi connectivity index (χ0v) is 11.4. The summed E-state index contributed by atoms with van der Waals surface area (Å²) in [4.78, 5) is 14.5. The number of carbonyl (C=O) groups is 1. The van der Waals surface area contributed by atoms with E-state index in [1.807, 2.05) is 0 Å². The van der Waals surface area contributed by atoms with E-state index in [0.717, 1.165) is 31.7 Å². The molecule has 0 spiro atoms. The molecule has 19 heavy (non-hydrogen) atoms. The van der Waals surface area contributed by atoms with E-state index in [1.165, 1.54) is 6.20 Å². The number of ether oxygens (including phenoxy) is 1. The molecule has 1 N–H and O–H groups in total. The topological polar surface area (TPSA) is 59.4 Å². The Hall–Kier alpha value is -1.65. The average molecular weight is 269 g/mol. The molecule has 0 aromatic carbocycles. The minimum absolute atomic E-state index is 0.227. The Kier molecular flexibility index (Phi) is 6.25. The van der Waals surface area contributed by atoms with Crippen molar-refractivity contribution in [3.63, 3.8) is 0 Å². The quantitative estimate of drug-likeness (QED) is 0.784. The fourth-order valence-electron chi connectivity index (χ4n) is 1.79. The molecule has 0 aliphatic carbocycles. The Labute approximate surface area is 112 Å². The van der Waals surface area contributed by atoms with Gasteiger partial charge in [0.1, 0.15) is 5.56 Å². The lowest BCUT2D eigenvalue weighted by Crippen LogP contribution is -2.14. The van der Waals surface area contributed by atoms with Crippen molar-refractivity contribution in [3.05, 3.63) is 23.6 Å². The lowest BCUT2D eigenvalue weighted by atomic mass is 10.0. The molecule has 0 radical (unpaired) electrons. The van der Waals surface area contributed by atoms with Crippen molar-refractivity contribution in [2.75, 3.05) is 6.61 Å². The fraction of sp³-hybridized carbons (Fsp3) is 0.571. The Morgan fingerprint density at radius 1 is 1.53 bits per heavy atom. The SMILES string of the molecule is CCCCC(CC)COc1nccc(C(=O)O)c1F. The zero-order valence-electron chi connectivity index (χ0n) is 11.4. The number of halogens is 1. The summed E-state index contributed by atoms with van der Waals surface area (Å²) in [6.45, 7) is 4.54. The maximum Gasteiger partial charge on any atom is 0.338 e. The summed E-state index contributed by atoms with van der Waals surface area (Å²) in [6, 6.07) is 1.12. The van der Waals surface area contributed by atoms with Crippen molar-refractivity contribution in [1.82, 2.24) is 4.98 Å². The smallest absolute Gasteiger partial charge is 0.338 e. The van der Waals surface area contributed by atoms with Crippen LogP contribution in [0.15, 0.2) is 12.3 Å². The molecule has 4 nitrogen and oxygen atoms in total. The number of pyridine rings is 1. The molecule has 0 bridgehead atoms. The molecule has 1 heterocycles. The number of nitrogens with zero attached hydrogens (tertiary/aromatic N) is 1. The monoisotopic (exact) mass is 269 g/mol. The summed E-state index contributed by atoms with van der Waals surface area (Å²) in [5, 5.41) is 8.81. The van der Waals surface area contributed by atoms with Crippen molar-refractivity contribution in [2.24, 2.45) is 5.92 Å². The van der Waals surface area contributed by atoms with E-state index < -0.39 is 17.3 Å². The summed E-state index contributed by atoms with van der Waals surface area (Å²) in [5.41, 5.74) is -0.411. The minimum atomic E-state index is -1.32. The van der Waals surface area contributed by atoms with Gasteiger partial charge in [0, 0.05) is 6.20 Å². The standard InChI is InChI=1S/C14H20FNO3/c1-3-5-6-10(4-2)9-19-13-12(15)11(14(17)18)7-8-16-13/h7-8,10H,3-6,9H2,1-2H3,(H,17,18). The summed E-state index contributed by atoms with van der Waals surface area (Å²) in [5.74, 6) is -2.10. The van der Waals surface area contributed by atoms with Crippen molar-refractivity contribution in [2.45, 2.75) is 39.5 Å². The third kappa shape index (κ3) is 4.50. The molecule has 0 aliphatic heterocycles. The molecule has 0 fully saturated rings. The van der Waals surface area contributed by atoms with Crippen LogP contribution < -0.4 is 4.74 Å². The van der Waals surface area contributed by atoms with Crippen LogP contribution in [0.4, 0.5) is 4.39 Å². The van der Waals surface area contributed by atoms with E-state index in [0.29, 0.717) is 12.5 Å². The van der Waals surface area contributed by atoms with Crippen LogP contribution in [0.1, 0.15) is 49.9 Å². The first-order chi connectivity index (χ1) is 9.10. The molecule has 1 aromatic heterocycles. The molecule has 1 aromatic rings. The normalized spacial score (nSPS) is 12.2. The maximum atomic E-state index is 13.8. The molecular formula is C14H20FNO3.